The standard InChI is InChI=1S/C26H26FN5O2/c1-3-14-5-4-6-15-9-18(33)10-19(21(14)15)23-22(27)24-20(11-28-23)25(31-26(30-24)34-2)32-12-16-7-8-17(13-32)29-16/h4-6,9-11,16-17,29,33H,3,7-8,12-13H2,1-2H3. The predicted molar refractivity (Wildman–Crippen MR) is 130 cm³/mol. The number of halogens is 1. The van der Waals surface area contributed by atoms with Gasteiger partial charge in [-0.05, 0) is 47.7 Å². The molecule has 2 atom stereocenters. The zero-order valence-corrected chi connectivity index (χ0v) is 19.2. The van der Waals surface area contributed by atoms with Gasteiger partial charge >= 0.3 is 6.01 Å². The van der Waals surface area contributed by atoms with Crippen LogP contribution in [-0.2, 0) is 6.42 Å². The maximum Gasteiger partial charge on any atom is 0.318 e. The third kappa shape index (κ3) is 3.32. The van der Waals surface area contributed by atoms with Crippen molar-refractivity contribution in [3.63, 3.8) is 0 Å². The first-order valence-electron chi connectivity index (χ1n) is 11.7. The molecule has 174 valence electrons. The van der Waals surface area contributed by atoms with Crippen LogP contribution < -0.4 is 15.0 Å². The Morgan fingerprint density at radius 1 is 1.18 bits per heavy atom. The van der Waals surface area contributed by atoms with E-state index in [1.807, 2.05) is 18.2 Å². The largest absolute Gasteiger partial charge is 0.508 e. The van der Waals surface area contributed by atoms with Gasteiger partial charge in [-0.25, -0.2) is 4.39 Å². The quantitative estimate of drug-likeness (QED) is 0.473. The Balaban J connectivity index is 1.57. The van der Waals surface area contributed by atoms with Gasteiger partial charge in [0.1, 0.15) is 22.8 Å². The van der Waals surface area contributed by atoms with Crippen LogP contribution in [0.4, 0.5) is 10.2 Å². The van der Waals surface area contributed by atoms with Crippen LogP contribution in [0.2, 0.25) is 0 Å². The Hall–Kier alpha value is -3.52. The lowest BCUT2D eigenvalue weighted by atomic mass is 9.95. The number of nitrogens with one attached hydrogen (secondary N) is 1. The van der Waals surface area contributed by atoms with E-state index in [-0.39, 0.29) is 23.0 Å². The van der Waals surface area contributed by atoms with Gasteiger partial charge in [0.2, 0.25) is 0 Å². The maximum absolute atomic E-state index is 16.2. The highest BCUT2D eigenvalue weighted by atomic mass is 19.1. The summed E-state index contributed by atoms with van der Waals surface area (Å²) in [5.74, 6) is 0.165. The number of pyridine rings is 1. The van der Waals surface area contributed by atoms with Crippen molar-refractivity contribution in [3.8, 4) is 23.0 Å². The molecule has 7 nitrogen and oxygen atoms in total. The number of aromatic hydroxyl groups is 1. The van der Waals surface area contributed by atoms with Crippen LogP contribution in [0.15, 0.2) is 36.5 Å². The Bertz CT molecular complexity index is 1410. The summed E-state index contributed by atoms with van der Waals surface area (Å²) in [6.45, 7) is 3.65. The molecule has 2 unspecified atom stereocenters. The number of phenolic OH excluding ortho intramolecular Hbond substituents is 1. The molecular formula is C26H26FN5O2. The van der Waals surface area contributed by atoms with Crippen molar-refractivity contribution in [1.82, 2.24) is 20.3 Å². The number of methoxy groups -OCH3 is 1. The number of piperazine rings is 1. The maximum atomic E-state index is 16.2. The average molecular weight is 460 g/mol. The number of aromatic nitrogens is 3. The van der Waals surface area contributed by atoms with Crippen molar-refractivity contribution in [1.29, 1.82) is 0 Å². The van der Waals surface area contributed by atoms with Crippen LogP contribution in [0.3, 0.4) is 0 Å². The Labute approximate surface area is 196 Å². The molecule has 2 N–H and O–H groups in total. The second kappa shape index (κ2) is 8.06. The smallest absolute Gasteiger partial charge is 0.318 e. The first kappa shape index (κ1) is 21.0. The highest BCUT2D eigenvalue weighted by molar-refractivity contribution is 6.01. The molecule has 2 aliphatic rings. The first-order valence-corrected chi connectivity index (χ1v) is 11.7. The van der Waals surface area contributed by atoms with Gasteiger partial charge in [0.15, 0.2) is 5.82 Å². The van der Waals surface area contributed by atoms with Crippen molar-refractivity contribution in [3.05, 3.63) is 47.9 Å². The minimum Gasteiger partial charge on any atom is -0.508 e. The molecule has 2 saturated heterocycles. The van der Waals surface area contributed by atoms with Gasteiger partial charge in [0.25, 0.3) is 0 Å². The zero-order chi connectivity index (χ0) is 23.4. The summed E-state index contributed by atoms with van der Waals surface area (Å²) in [6, 6.07) is 10.1. The van der Waals surface area contributed by atoms with E-state index in [1.54, 1.807) is 18.3 Å². The molecular weight excluding hydrogens is 433 g/mol. The van der Waals surface area contributed by atoms with Crippen LogP contribution >= 0.6 is 0 Å². The summed E-state index contributed by atoms with van der Waals surface area (Å²) in [5.41, 5.74) is 1.93. The molecule has 2 fully saturated rings. The van der Waals surface area contributed by atoms with Crippen molar-refractivity contribution in [2.75, 3.05) is 25.1 Å². The number of phenols is 1. The van der Waals surface area contributed by atoms with E-state index < -0.39 is 5.82 Å². The predicted octanol–water partition coefficient (Wildman–Crippen LogP) is 4.20. The lowest BCUT2D eigenvalue weighted by Gasteiger charge is -2.34. The van der Waals surface area contributed by atoms with Crippen LogP contribution in [0.25, 0.3) is 32.9 Å². The Kier molecular flexibility index (Phi) is 4.99. The minimum atomic E-state index is -0.546. The van der Waals surface area contributed by atoms with E-state index in [0.29, 0.717) is 28.9 Å². The Morgan fingerprint density at radius 3 is 2.71 bits per heavy atom. The number of nitrogens with zero attached hydrogens (tertiary/aromatic N) is 4. The van der Waals surface area contributed by atoms with Gasteiger partial charge in [-0.15, -0.1) is 0 Å². The number of hydrogen-bond acceptors (Lipinski definition) is 7. The lowest BCUT2D eigenvalue weighted by molar-refractivity contribution is 0.380. The van der Waals surface area contributed by atoms with Gasteiger partial charge in [0.05, 0.1) is 12.5 Å². The minimum absolute atomic E-state index is 0.0642. The number of anilines is 1. The van der Waals surface area contributed by atoms with E-state index in [0.717, 1.165) is 48.7 Å². The average Bonchev–Trinajstić information content (AvgIpc) is 3.20. The van der Waals surface area contributed by atoms with E-state index in [1.165, 1.54) is 7.11 Å². The number of ether oxygens (including phenoxy) is 1. The van der Waals surface area contributed by atoms with Gasteiger partial charge in [-0.3, -0.25) is 4.98 Å². The summed E-state index contributed by atoms with van der Waals surface area (Å²) in [4.78, 5) is 15.7. The fourth-order valence-corrected chi connectivity index (χ4v) is 5.48. The lowest BCUT2D eigenvalue weighted by Crippen LogP contribution is -2.51. The molecule has 0 saturated carbocycles. The van der Waals surface area contributed by atoms with Gasteiger partial charge < -0.3 is 20.1 Å². The normalized spacial score (nSPS) is 19.8. The molecule has 2 aromatic heterocycles. The molecule has 2 aromatic carbocycles. The van der Waals surface area contributed by atoms with Crippen LogP contribution in [0.1, 0.15) is 25.3 Å². The highest BCUT2D eigenvalue weighted by Gasteiger charge is 2.34. The fraction of sp³-hybridized carbons (Fsp3) is 0.346. The Morgan fingerprint density at radius 2 is 1.97 bits per heavy atom. The molecule has 0 spiro atoms. The summed E-state index contributed by atoms with van der Waals surface area (Å²) < 4.78 is 21.5. The van der Waals surface area contributed by atoms with Gasteiger partial charge in [-0.1, -0.05) is 25.1 Å². The monoisotopic (exact) mass is 459 g/mol. The number of fused-ring (bicyclic) bond motifs is 4. The summed E-state index contributed by atoms with van der Waals surface area (Å²) >= 11 is 0. The van der Waals surface area contributed by atoms with Gasteiger partial charge in [-0.2, -0.15) is 9.97 Å². The summed E-state index contributed by atoms with van der Waals surface area (Å²) in [5, 5.41) is 16.3. The van der Waals surface area contributed by atoms with E-state index in [2.05, 4.69) is 32.1 Å². The zero-order valence-electron chi connectivity index (χ0n) is 19.2. The van der Waals surface area contributed by atoms with Crippen LogP contribution in [0.5, 0.6) is 11.8 Å². The number of benzene rings is 2. The number of rotatable bonds is 4. The first-order chi connectivity index (χ1) is 16.6. The molecule has 34 heavy (non-hydrogen) atoms. The van der Waals surface area contributed by atoms with Crippen molar-refractivity contribution >= 4 is 27.5 Å². The summed E-state index contributed by atoms with van der Waals surface area (Å²) in [7, 11) is 1.49. The molecule has 2 aliphatic heterocycles. The van der Waals surface area contributed by atoms with E-state index >= 15 is 4.39 Å². The van der Waals surface area contributed by atoms with Crippen molar-refractivity contribution < 1.29 is 14.2 Å². The third-order valence-electron chi connectivity index (χ3n) is 7.03. The molecule has 2 bridgehead atoms. The molecule has 6 rings (SSSR count). The molecule has 0 radical (unpaired) electrons. The summed E-state index contributed by atoms with van der Waals surface area (Å²) in [6.07, 6.45) is 4.68. The van der Waals surface area contributed by atoms with Crippen molar-refractivity contribution in [2.45, 2.75) is 38.3 Å². The highest BCUT2D eigenvalue weighted by Crippen LogP contribution is 2.38. The molecule has 0 aliphatic carbocycles. The van der Waals surface area contributed by atoms with E-state index in [4.69, 9.17) is 4.74 Å². The number of hydrogen-bond donors (Lipinski definition) is 2. The fourth-order valence-electron chi connectivity index (χ4n) is 5.48. The third-order valence-corrected chi connectivity index (χ3v) is 7.03. The molecule has 4 heterocycles. The molecule has 8 heteroatoms. The number of aryl methyl sites for hydroxylation is 1. The van der Waals surface area contributed by atoms with Gasteiger partial charge in [0, 0.05) is 36.9 Å². The van der Waals surface area contributed by atoms with E-state index in [9.17, 15) is 5.11 Å². The van der Waals surface area contributed by atoms with Crippen LogP contribution in [-0.4, -0.2) is 52.3 Å². The SMILES string of the molecule is CCc1cccc2cc(O)cc(-c3ncc4c(N5CC6CCC(C5)N6)nc(OC)nc4c3F)c12. The van der Waals surface area contributed by atoms with Crippen molar-refractivity contribution in [2.24, 2.45) is 0 Å². The molecule has 4 aromatic rings. The van der Waals surface area contributed by atoms with Crippen LogP contribution in [0, 0.1) is 5.82 Å². The molecule has 0 amide bonds. The second-order valence-electron chi connectivity index (χ2n) is 9.12. The second-order valence-corrected chi connectivity index (χ2v) is 9.12. The topological polar surface area (TPSA) is 83.4 Å².